The number of hydrogen-bond donors (Lipinski definition) is 1. The number of hydrogen-bond acceptors (Lipinski definition) is 2. The van der Waals surface area contributed by atoms with E-state index in [9.17, 15) is 4.39 Å². The van der Waals surface area contributed by atoms with Gasteiger partial charge in [0.1, 0.15) is 5.82 Å². The third-order valence-electron chi connectivity index (χ3n) is 3.07. The molecule has 1 unspecified atom stereocenters. The minimum atomic E-state index is -0.169. The van der Waals surface area contributed by atoms with Gasteiger partial charge in [-0.1, -0.05) is 22.9 Å². The highest BCUT2D eigenvalue weighted by molar-refractivity contribution is 9.10. The van der Waals surface area contributed by atoms with E-state index in [1.807, 2.05) is 13.0 Å². The Bertz CT molecular complexity index is 580. The number of halogens is 2. The third-order valence-corrected chi connectivity index (χ3v) is 4.54. The Hall–Kier alpha value is -0.710. The highest BCUT2D eigenvalue weighted by Crippen LogP contribution is 2.33. The number of rotatable bonds is 4. The Morgan fingerprint density at radius 1 is 1.26 bits per heavy atom. The van der Waals surface area contributed by atoms with Crippen molar-refractivity contribution in [2.24, 2.45) is 0 Å². The summed E-state index contributed by atoms with van der Waals surface area (Å²) in [4.78, 5) is 2.49. The van der Waals surface area contributed by atoms with E-state index in [0.29, 0.717) is 5.56 Å². The predicted octanol–water partition coefficient (Wildman–Crippen LogP) is 4.97. The van der Waals surface area contributed by atoms with E-state index in [0.717, 1.165) is 11.0 Å². The fourth-order valence-corrected chi connectivity index (χ4v) is 3.61. The van der Waals surface area contributed by atoms with E-state index in [-0.39, 0.29) is 11.9 Å². The maximum Gasteiger partial charge on any atom is 0.128 e. The second-order valence-corrected chi connectivity index (χ2v) is 6.90. The summed E-state index contributed by atoms with van der Waals surface area (Å²) in [6.07, 6.45) is 0. The monoisotopic (exact) mass is 341 g/mol. The summed E-state index contributed by atoms with van der Waals surface area (Å²) in [6, 6.07) is 7.15. The van der Waals surface area contributed by atoms with Crippen LogP contribution in [0.5, 0.6) is 0 Å². The topological polar surface area (TPSA) is 12.0 Å². The van der Waals surface area contributed by atoms with Crippen molar-refractivity contribution in [2.75, 3.05) is 6.54 Å². The molecular formula is C15H17BrFNS. The van der Waals surface area contributed by atoms with Crippen LogP contribution in [0.1, 0.15) is 33.8 Å². The Morgan fingerprint density at radius 3 is 2.58 bits per heavy atom. The van der Waals surface area contributed by atoms with Crippen molar-refractivity contribution in [3.63, 3.8) is 0 Å². The van der Waals surface area contributed by atoms with Gasteiger partial charge in [-0.2, -0.15) is 0 Å². The van der Waals surface area contributed by atoms with Gasteiger partial charge in [0.2, 0.25) is 0 Å². The molecule has 1 N–H and O–H groups in total. The first kappa shape index (κ1) is 14.7. The number of nitrogens with one attached hydrogen (secondary N) is 1. The Balaban J connectivity index is 2.51. The third kappa shape index (κ3) is 3.25. The SMILES string of the molecule is CCNC(c1cc(Br)ccc1F)c1cc(C)sc1C. The normalized spacial score (nSPS) is 12.7. The van der Waals surface area contributed by atoms with E-state index in [1.165, 1.54) is 21.4 Å². The molecule has 0 aliphatic rings. The van der Waals surface area contributed by atoms with Gasteiger partial charge in [-0.25, -0.2) is 4.39 Å². The molecular weight excluding hydrogens is 325 g/mol. The summed E-state index contributed by atoms with van der Waals surface area (Å²) >= 11 is 5.17. The highest BCUT2D eigenvalue weighted by atomic mass is 79.9. The molecule has 1 nitrogen and oxygen atoms in total. The number of aryl methyl sites for hydroxylation is 2. The van der Waals surface area contributed by atoms with Gasteiger partial charge in [-0.3, -0.25) is 0 Å². The summed E-state index contributed by atoms with van der Waals surface area (Å²) in [7, 11) is 0. The van der Waals surface area contributed by atoms with E-state index in [1.54, 1.807) is 17.4 Å². The minimum Gasteiger partial charge on any atom is -0.306 e. The van der Waals surface area contributed by atoms with Gasteiger partial charge in [0.05, 0.1) is 6.04 Å². The molecule has 19 heavy (non-hydrogen) atoms. The van der Waals surface area contributed by atoms with E-state index in [4.69, 9.17) is 0 Å². The van der Waals surface area contributed by atoms with Crippen molar-refractivity contribution in [2.45, 2.75) is 26.8 Å². The van der Waals surface area contributed by atoms with Gasteiger partial charge in [-0.15, -0.1) is 11.3 Å². The van der Waals surface area contributed by atoms with Gasteiger partial charge >= 0.3 is 0 Å². The molecule has 1 aromatic carbocycles. The van der Waals surface area contributed by atoms with Crippen LogP contribution in [0.15, 0.2) is 28.7 Å². The van der Waals surface area contributed by atoms with Crippen LogP contribution < -0.4 is 5.32 Å². The zero-order valence-corrected chi connectivity index (χ0v) is 13.7. The van der Waals surface area contributed by atoms with Gasteiger partial charge in [-0.05, 0) is 50.2 Å². The number of benzene rings is 1. The standard InChI is InChI=1S/C15H17BrFNS/c1-4-18-15(12-7-9(2)19-10(12)3)13-8-11(16)5-6-14(13)17/h5-8,15,18H,4H2,1-3H3. The molecule has 0 fully saturated rings. The Morgan fingerprint density at radius 2 is 2.00 bits per heavy atom. The second kappa shape index (κ2) is 6.16. The first-order valence-electron chi connectivity index (χ1n) is 6.28. The van der Waals surface area contributed by atoms with Crippen molar-refractivity contribution < 1.29 is 4.39 Å². The summed E-state index contributed by atoms with van der Waals surface area (Å²) in [5, 5.41) is 3.38. The summed E-state index contributed by atoms with van der Waals surface area (Å²) in [5.41, 5.74) is 1.86. The van der Waals surface area contributed by atoms with E-state index < -0.39 is 0 Å². The highest BCUT2D eigenvalue weighted by Gasteiger charge is 2.20. The fourth-order valence-electron chi connectivity index (χ4n) is 2.26. The van der Waals surface area contributed by atoms with Crippen LogP contribution in [-0.4, -0.2) is 6.54 Å². The molecule has 0 saturated carbocycles. The van der Waals surface area contributed by atoms with Gasteiger partial charge in [0, 0.05) is 19.8 Å². The van der Waals surface area contributed by atoms with Gasteiger partial charge < -0.3 is 5.32 Å². The maximum absolute atomic E-state index is 14.1. The van der Waals surface area contributed by atoms with E-state index >= 15 is 0 Å². The molecule has 0 radical (unpaired) electrons. The zero-order valence-electron chi connectivity index (χ0n) is 11.3. The van der Waals surface area contributed by atoms with Crippen LogP contribution in [-0.2, 0) is 0 Å². The molecule has 2 rings (SSSR count). The molecule has 102 valence electrons. The Labute approximate surface area is 126 Å². The van der Waals surface area contributed by atoms with Crippen LogP contribution in [0.3, 0.4) is 0 Å². The lowest BCUT2D eigenvalue weighted by Crippen LogP contribution is -2.23. The summed E-state index contributed by atoms with van der Waals surface area (Å²) < 4.78 is 15.0. The Kier molecular flexibility index (Phi) is 4.76. The molecule has 0 amide bonds. The number of thiophene rings is 1. The molecule has 1 aromatic heterocycles. The van der Waals surface area contributed by atoms with Crippen LogP contribution in [0.4, 0.5) is 4.39 Å². The molecule has 2 aromatic rings. The van der Waals surface area contributed by atoms with E-state index in [2.05, 4.69) is 41.2 Å². The average molecular weight is 342 g/mol. The largest absolute Gasteiger partial charge is 0.306 e. The van der Waals surface area contributed by atoms with Crippen LogP contribution in [0.25, 0.3) is 0 Å². The molecule has 4 heteroatoms. The van der Waals surface area contributed by atoms with Crippen LogP contribution in [0, 0.1) is 19.7 Å². The zero-order chi connectivity index (χ0) is 14.0. The lowest BCUT2D eigenvalue weighted by atomic mass is 9.98. The first-order chi connectivity index (χ1) is 9.02. The first-order valence-corrected chi connectivity index (χ1v) is 7.89. The molecule has 0 bridgehead atoms. The summed E-state index contributed by atoms with van der Waals surface area (Å²) in [6.45, 7) is 7.01. The molecule has 0 saturated heterocycles. The molecule has 0 spiro atoms. The fraction of sp³-hybridized carbons (Fsp3) is 0.333. The lowest BCUT2D eigenvalue weighted by Gasteiger charge is -2.19. The second-order valence-electron chi connectivity index (χ2n) is 4.53. The van der Waals surface area contributed by atoms with Gasteiger partial charge in [0.15, 0.2) is 0 Å². The van der Waals surface area contributed by atoms with Gasteiger partial charge in [0.25, 0.3) is 0 Å². The van der Waals surface area contributed by atoms with Crippen LogP contribution >= 0.6 is 27.3 Å². The quantitative estimate of drug-likeness (QED) is 0.828. The minimum absolute atomic E-state index is 0.0903. The van der Waals surface area contributed by atoms with Crippen LogP contribution in [0.2, 0.25) is 0 Å². The van der Waals surface area contributed by atoms with Crippen molar-refractivity contribution in [1.82, 2.24) is 5.32 Å². The van der Waals surface area contributed by atoms with Crippen molar-refractivity contribution >= 4 is 27.3 Å². The van der Waals surface area contributed by atoms with Crippen molar-refractivity contribution in [3.8, 4) is 0 Å². The molecule has 1 atom stereocenters. The van der Waals surface area contributed by atoms with Crippen molar-refractivity contribution in [3.05, 3.63) is 55.4 Å². The molecule has 1 heterocycles. The molecule has 0 aliphatic heterocycles. The lowest BCUT2D eigenvalue weighted by molar-refractivity contribution is 0.558. The van der Waals surface area contributed by atoms with Crippen molar-refractivity contribution in [1.29, 1.82) is 0 Å². The smallest absolute Gasteiger partial charge is 0.128 e. The predicted molar refractivity (Wildman–Crippen MR) is 83.4 cm³/mol. The maximum atomic E-state index is 14.1. The summed E-state index contributed by atoms with van der Waals surface area (Å²) in [5.74, 6) is -0.169. The molecule has 0 aliphatic carbocycles. The average Bonchev–Trinajstić information content (AvgIpc) is 2.69.